The second-order valence-corrected chi connectivity index (χ2v) is 6.95. The van der Waals surface area contributed by atoms with Gasteiger partial charge in [0.05, 0.1) is 10.4 Å². The lowest BCUT2D eigenvalue weighted by Gasteiger charge is -2.14. The Balaban J connectivity index is 0.00000176. The van der Waals surface area contributed by atoms with Gasteiger partial charge in [-0.1, -0.05) is 23.3 Å². The van der Waals surface area contributed by atoms with Crippen LogP contribution in [-0.2, 0) is 10.0 Å². The van der Waals surface area contributed by atoms with E-state index in [-0.39, 0.29) is 17.3 Å². The number of nitrogens with one attached hydrogen (secondary N) is 3. The van der Waals surface area contributed by atoms with Crippen molar-refractivity contribution in [1.29, 1.82) is 0 Å². The first-order valence-electron chi connectivity index (χ1n) is 6.58. The van der Waals surface area contributed by atoms with E-state index in [1.165, 1.54) is 12.4 Å². The van der Waals surface area contributed by atoms with Crippen molar-refractivity contribution in [2.45, 2.75) is 11.3 Å². The summed E-state index contributed by atoms with van der Waals surface area (Å²) < 4.78 is 27.5. The van der Waals surface area contributed by atoms with Crippen LogP contribution in [0.3, 0.4) is 0 Å². The van der Waals surface area contributed by atoms with Crippen molar-refractivity contribution in [3.05, 3.63) is 35.1 Å². The van der Waals surface area contributed by atoms with E-state index in [9.17, 15) is 8.42 Å². The van der Waals surface area contributed by atoms with Crippen LogP contribution >= 0.6 is 24.0 Å². The maximum atomic E-state index is 12.4. The van der Waals surface area contributed by atoms with Gasteiger partial charge in [-0.2, -0.15) is 0 Å². The molecule has 120 valence electrons. The fourth-order valence-electron chi connectivity index (χ4n) is 2.30. The van der Waals surface area contributed by atoms with Gasteiger partial charge in [0.15, 0.2) is 0 Å². The van der Waals surface area contributed by atoms with Crippen LogP contribution in [0.4, 0.5) is 0 Å². The fraction of sp³-hybridized carbons (Fsp3) is 0.308. The van der Waals surface area contributed by atoms with Crippen LogP contribution in [-0.4, -0.2) is 38.0 Å². The molecule has 22 heavy (non-hydrogen) atoms. The molecule has 0 bridgehead atoms. The van der Waals surface area contributed by atoms with Gasteiger partial charge in [0, 0.05) is 25.5 Å². The summed E-state index contributed by atoms with van der Waals surface area (Å²) in [6, 6.07) is 1.58. The molecule has 9 heteroatoms. The molecule has 0 aromatic carbocycles. The summed E-state index contributed by atoms with van der Waals surface area (Å²) in [6.45, 7) is 1.96. The number of aromatic nitrogens is 2. The first-order valence-corrected chi connectivity index (χ1v) is 8.44. The fourth-order valence-corrected chi connectivity index (χ4v) is 3.82. The molecule has 0 spiro atoms. The second-order valence-electron chi connectivity index (χ2n) is 4.81. The predicted molar refractivity (Wildman–Crippen MR) is 89.1 cm³/mol. The number of sulfonamides is 1. The second kappa shape index (κ2) is 6.97. The van der Waals surface area contributed by atoms with Gasteiger partial charge in [-0.25, -0.2) is 18.1 Å². The van der Waals surface area contributed by atoms with E-state index in [2.05, 4.69) is 20.0 Å². The van der Waals surface area contributed by atoms with Gasteiger partial charge in [0.25, 0.3) is 0 Å². The van der Waals surface area contributed by atoms with E-state index in [1.807, 2.05) is 6.08 Å². The van der Waals surface area contributed by atoms with Crippen molar-refractivity contribution in [1.82, 2.24) is 20.0 Å². The van der Waals surface area contributed by atoms with Gasteiger partial charge in [0.2, 0.25) is 10.0 Å². The Morgan fingerprint density at radius 3 is 2.95 bits per heavy atom. The highest BCUT2D eigenvalue weighted by Crippen LogP contribution is 2.28. The Labute approximate surface area is 139 Å². The number of hydrogen-bond acceptors (Lipinski definition) is 4. The van der Waals surface area contributed by atoms with E-state index in [0.29, 0.717) is 22.6 Å². The van der Waals surface area contributed by atoms with E-state index in [0.717, 1.165) is 25.1 Å². The van der Waals surface area contributed by atoms with Crippen LogP contribution in [0.5, 0.6) is 0 Å². The first kappa shape index (κ1) is 17.2. The summed E-state index contributed by atoms with van der Waals surface area (Å²) in [7, 11) is -3.63. The molecule has 0 saturated heterocycles. The molecule has 6 nitrogen and oxygen atoms in total. The molecule has 0 amide bonds. The number of fused-ring (bicyclic) bond motifs is 1. The van der Waals surface area contributed by atoms with Crippen molar-refractivity contribution >= 4 is 45.1 Å². The third kappa shape index (κ3) is 3.44. The molecule has 3 rings (SSSR count). The molecule has 0 fully saturated rings. The summed E-state index contributed by atoms with van der Waals surface area (Å²) in [6.07, 6.45) is 5.81. The average molecular weight is 363 g/mol. The lowest BCUT2D eigenvalue weighted by molar-refractivity contribution is 0.583. The minimum Gasteiger partial charge on any atom is -0.345 e. The van der Waals surface area contributed by atoms with Gasteiger partial charge in [-0.3, -0.25) is 0 Å². The Morgan fingerprint density at radius 2 is 2.23 bits per heavy atom. The number of rotatable bonds is 4. The highest BCUT2D eigenvalue weighted by atomic mass is 35.5. The zero-order chi connectivity index (χ0) is 14.9. The van der Waals surface area contributed by atoms with Crippen molar-refractivity contribution < 1.29 is 8.42 Å². The molecule has 0 aliphatic carbocycles. The monoisotopic (exact) mass is 362 g/mol. The zero-order valence-corrected chi connectivity index (χ0v) is 14.0. The van der Waals surface area contributed by atoms with Gasteiger partial charge < -0.3 is 10.3 Å². The minimum absolute atomic E-state index is 0. The smallest absolute Gasteiger partial charge is 0.243 e. The molecular weight excluding hydrogens is 347 g/mol. The van der Waals surface area contributed by atoms with Crippen LogP contribution in [0.1, 0.15) is 6.42 Å². The summed E-state index contributed by atoms with van der Waals surface area (Å²) in [5, 5.41) is 3.97. The average Bonchev–Trinajstić information content (AvgIpc) is 2.93. The maximum absolute atomic E-state index is 12.4. The van der Waals surface area contributed by atoms with Gasteiger partial charge in [0.1, 0.15) is 10.5 Å². The van der Waals surface area contributed by atoms with Gasteiger partial charge >= 0.3 is 0 Å². The lowest BCUT2D eigenvalue weighted by atomic mass is 10.1. The summed E-state index contributed by atoms with van der Waals surface area (Å²) in [5.74, 6) is 0. The van der Waals surface area contributed by atoms with Crippen LogP contribution in [0.15, 0.2) is 35.0 Å². The molecular formula is C13H16Cl2N4O2S. The third-order valence-electron chi connectivity index (χ3n) is 3.42. The van der Waals surface area contributed by atoms with Crippen molar-refractivity contribution in [3.8, 4) is 0 Å². The van der Waals surface area contributed by atoms with Crippen LogP contribution in [0.2, 0.25) is 5.02 Å². The van der Waals surface area contributed by atoms with E-state index >= 15 is 0 Å². The number of pyridine rings is 1. The number of hydrogen-bond donors (Lipinski definition) is 3. The normalized spacial score (nSPS) is 15.4. The van der Waals surface area contributed by atoms with E-state index < -0.39 is 10.0 Å². The number of H-pyrrole nitrogens is 1. The highest BCUT2D eigenvalue weighted by molar-refractivity contribution is 7.89. The Kier molecular flexibility index (Phi) is 5.46. The topological polar surface area (TPSA) is 86.9 Å². The Bertz CT molecular complexity index is 801. The van der Waals surface area contributed by atoms with Crippen molar-refractivity contribution in [2.75, 3.05) is 19.6 Å². The molecule has 3 N–H and O–H groups in total. The van der Waals surface area contributed by atoms with E-state index in [1.54, 1.807) is 6.07 Å². The summed E-state index contributed by atoms with van der Waals surface area (Å²) in [4.78, 5) is 7.04. The minimum atomic E-state index is -3.63. The Hall–Kier alpha value is -1.12. The van der Waals surface area contributed by atoms with Crippen molar-refractivity contribution in [2.24, 2.45) is 0 Å². The summed E-state index contributed by atoms with van der Waals surface area (Å²) >= 11 is 6.09. The predicted octanol–water partition coefficient (Wildman–Crippen LogP) is 1.84. The van der Waals surface area contributed by atoms with Crippen LogP contribution in [0.25, 0.3) is 11.0 Å². The zero-order valence-electron chi connectivity index (χ0n) is 11.6. The van der Waals surface area contributed by atoms with Gasteiger partial charge in [-0.05, 0) is 19.0 Å². The number of halogens is 2. The quantitative estimate of drug-likeness (QED) is 0.724. The molecule has 2 aromatic rings. The Morgan fingerprint density at radius 1 is 1.41 bits per heavy atom. The molecule has 0 radical (unpaired) electrons. The SMILES string of the molecule is Cl.O=S(=O)(NCC1=CCNCC1)c1c[nH]c2nccc(Cl)c12. The maximum Gasteiger partial charge on any atom is 0.243 e. The van der Waals surface area contributed by atoms with Gasteiger partial charge in [-0.15, -0.1) is 12.4 Å². The molecule has 0 saturated carbocycles. The summed E-state index contributed by atoms with van der Waals surface area (Å²) in [5.41, 5.74) is 1.55. The third-order valence-corrected chi connectivity index (χ3v) is 5.16. The largest absolute Gasteiger partial charge is 0.345 e. The molecule has 0 atom stereocenters. The molecule has 0 unspecified atom stereocenters. The number of aromatic amines is 1. The molecule has 1 aliphatic rings. The molecule has 2 aromatic heterocycles. The van der Waals surface area contributed by atoms with E-state index in [4.69, 9.17) is 11.6 Å². The highest BCUT2D eigenvalue weighted by Gasteiger charge is 2.21. The molecule has 1 aliphatic heterocycles. The van der Waals surface area contributed by atoms with Crippen LogP contribution < -0.4 is 10.0 Å². The number of nitrogens with zero attached hydrogens (tertiary/aromatic N) is 1. The van der Waals surface area contributed by atoms with Crippen LogP contribution in [0, 0.1) is 0 Å². The molecule has 3 heterocycles. The lowest BCUT2D eigenvalue weighted by Crippen LogP contribution is -2.29. The standard InChI is InChI=1S/C13H15ClN4O2S.ClH/c14-10-3-6-16-13-12(10)11(8-17-13)21(19,20)18-7-9-1-4-15-5-2-9;/h1,3,6,8,15,18H,2,4-5,7H2,(H,16,17);1H. The first-order chi connectivity index (χ1) is 10.1. The van der Waals surface area contributed by atoms with Crippen molar-refractivity contribution in [3.63, 3.8) is 0 Å².